The van der Waals surface area contributed by atoms with Crippen LogP contribution in [0.5, 0.6) is 0 Å². The molecule has 0 aliphatic heterocycles. The Kier molecular flexibility index (Phi) is 5.97. The van der Waals surface area contributed by atoms with Crippen molar-refractivity contribution < 1.29 is 4.79 Å². The minimum atomic E-state index is -0.242. The average Bonchev–Trinajstić information content (AvgIpc) is 2.52. The molecule has 2 N–H and O–H groups in total. The number of hydrogen-bond donors (Lipinski definition) is 2. The number of hydrogen-bond acceptors (Lipinski definition) is 7. The number of nitrogens with zero attached hydrogens (tertiary/aromatic N) is 5. The van der Waals surface area contributed by atoms with Crippen LogP contribution in [0.25, 0.3) is 0 Å². The van der Waals surface area contributed by atoms with E-state index in [9.17, 15) is 4.79 Å². The fraction of sp³-hybridized carbons (Fsp3) is 0.471. The van der Waals surface area contributed by atoms with Crippen LogP contribution < -0.4 is 10.6 Å². The van der Waals surface area contributed by atoms with Crippen molar-refractivity contribution >= 4 is 17.5 Å². The molecular weight excluding hydrogens is 318 g/mol. The average molecular weight is 343 g/mol. The van der Waals surface area contributed by atoms with E-state index in [1.807, 2.05) is 51.9 Å². The van der Waals surface area contributed by atoms with Gasteiger partial charge in [-0.25, -0.2) is 9.97 Å². The molecular formula is C17H25N7O. The Morgan fingerprint density at radius 2 is 1.88 bits per heavy atom. The van der Waals surface area contributed by atoms with Crippen molar-refractivity contribution in [1.29, 1.82) is 0 Å². The molecule has 0 bridgehead atoms. The van der Waals surface area contributed by atoms with Crippen LogP contribution in [-0.4, -0.2) is 52.1 Å². The number of carbonyl (C=O) groups is 1. The van der Waals surface area contributed by atoms with E-state index in [0.29, 0.717) is 23.9 Å². The first-order chi connectivity index (χ1) is 11.8. The van der Waals surface area contributed by atoms with Gasteiger partial charge < -0.3 is 15.5 Å². The highest BCUT2D eigenvalue weighted by atomic mass is 16.1. The van der Waals surface area contributed by atoms with Gasteiger partial charge in [-0.2, -0.15) is 0 Å². The second kappa shape index (κ2) is 7.98. The maximum Gasteiger partial charge on any atom is 0.271 e. The second-order valence-electron chi connectivity index (χ2n) is 6.44. The predicted octanol–water partition coefficient (Wildman–Crippen LogP) is 1.86. The van der Waals surface area contributed by atoms with Crippen LogP contribution in [0.15, 0.2) is 12.1 Å². The van der Waals surface area contributed by atoms with E-state index in [1.54, 1.807) is 7.05 Å². The van der Waals surface area contributed by atoms with E-state index in [1.165, 1.54) is 0 Å². The monoisotopic (exact) mass is 343 g/mol. The van der Waals surface area contributed by atoms with E-state index >= 15 is 0 Å². The molecule has 0 aliphatic rings. The van der Waals surface area contributed by atoms with E-state index in [-0.39, 0.29) is 11.8 Å². The molecule has 0 saturated carbocycles. The molecule has 8 heteroatoms. The van der Waals surface area contributed by atoms with Gasteiger partial charge in [0.25, 0.3) is 5.91 Å². The summed E-state index contributed by atoms with van der Waals surface area (Å²) in [5.74, 6) is 1.83. The zero-order valence-electron chi connectivity index (χ0n) is 15.6. The second-order valence-corrected chi connectivity index (χ2v) is 6.44. The Bertz CT molecular complexity index is 759. The molecule has 25 heavy (non-hydrogen) atoms. The summed E-state index contributed by atoms with van der Waals surface area (Å²) >= 11 is 0. The lowest BCUT2D eigenvalue weighted by molar-refractivity contribution is 0.0955. The maximum atomic E-state index is 11.9. The molecule has 134 valence electrons. The molecule has 0 fully saturated rings. The number of carbonyl (C=O) groups excluding carboxylic acids is 1. The first-order valence-corrected chi connectivity index (χ1v) is 8.16. The van der Waals surface area contributed by atoms with E-state index in [0.717, 1.165) is 17.1 Å². The third-order valence-corrected chi connectivity index (χ3v) is 3.50. The predicted molar refractivity (Wildman–Crippen MR) is 97.0 cm³/mol. The number of aromatic nitrogens is 4. The third kappa shape index (κ3) is 4.93. The molecule has 0 spiro atoms. The van der Waals surface area contributed by atoms with Crippen LogP contribution in [0.2, 0.25) is 0 Å². The van der Waals surface area contributed by atoms with Gasteiger partial charge in [0.1, 0.15) is 11.6 Å². The normalized spacial score (nSPS) is 11.0. The molecule has 0 radical (unpaired) electrons. The smallest absolute Gasteiger partial charge is 0.271 e. The van der Waals surface area contributed by atoms with E-state index in [4.69, 9.17) is 0 Å². The first-order valence-electron chi connectivity index (χ1n) is 8.16. The van der Waals surface area contributed by atoms with Crippen molar-refractivity contribution in [1.82, 2.24) is 30.4 Å². The van der Waals surface area contributed by atoms with Crippen molar-refractivity contribution in [3.63, 3.8) is 0 Å². The van der Waals surface area contributed by atoms with Crippen LogP contribution in [0.1, 0.15) is 47.3 Å². The molecule has 2 aromatic heterocycles. The highest BCUT2D eigenvalue weighted by Crippen LogP contribution is 2.22. The first kappa shape index (κ1) is 18.7. The molecule has 0 unspecified atom stereocenters. The van der Waals surface area contributed by atoms with Crippen molar-refractivity contribution in [3.8, 4) is 0 Å². The van der Waals surface area contributed by atoms with Gasteiger partial charge in [0, 0.05) is 18.8 Å². The van der Waals surface area contributed by atoms with Crippen LogP contribution in [-0.2, 0) is 6.54 Å². The van der Waals surface area contributed by atoms with Crippen molar-refractivity contribution in [2.75, 3.05) is 26.5 Å². The maximum absolute atomic E-state index is 11.9. The highest BCUT2D eigenvalue weighted by Gasteiger charge is 2.17. The molecule has 0 aliphatic carbocycles. The third-order valence-electron chi connectivity index (χ3n) is 3.50. The van der Waals surface area contributed by atoms with Gasteiger partial charge in [0.15, 0.2) is 11.5 Å². The number of aryl methyl sites for hydroxylation is 1. The standard InChI is InChI=1S/C17H25N7O/c1-10(2)12-8-14(22-23-16(12)17(25)18-4)20-13-7-11(3)19-15(21-13)9-24(5)6/h7-8,10H,9H2,1-6H3,(H,18,25)(H,19,20,21,22). The number of nitrogens with one attached hydrogen (secondary N) is 2. The van der Waals surface area contributed by atoms with Gasteiger partial charge in [-0.05, 0) is 38.6 Å². The minimum absolute atomic E-state index is 0.139. The van der Waals surface area contributed by atoms with Gasteiger partial charge in [0.2, 0.25) is 0 Å². The van der Waals surface area contributed by atoms with E-state index < -0.39 is 0 Å². The zero-order chi connectivity index (χ0) is 18.6. The Hall–Kier alpha value is -2.61. The van der Waals surface area contributed by atoms with E-state index in [2.05, 4.69) is 30.8 Å². The summed E-state index contributed by atoms with van der Waals surface area (Å²) in [7, 11) is 5.52. The van der Waals surface area contributed by atoms with Crippen LogP contribution in [0.3, 0.4) is 0 Å². The Morgan fingerprint density at radius 3 is 2.48 bits per heavy atom. The number of anilines is 2. The lowest BCUT2D eigenvalue weighted by Crippen LogP contribution is -2.22. The quantitative estimate of drug-likeness (QED) is 0.826. The summed E-state index contributed by atoms with van der Waals surface area (Å²) in [6.45, 7) is 6.59. The lowest BCUT2D eigenvalue weighted by Gasteiger charge is -2.14. The van der Waals surface area contributed by atoms with Crippen LogP contribution >= 0.6 is 0 Å². The van der Waals surface area contributed by atoms with Gasteiger partial charge >= 0.3 is 0 Å². The summed E-state index contributed by atoms with van der Waals surface area (Å²) in [4.78, 5) is 22.9. The topological polar surface area (TPSA) is 95.9 Å². The summed E-state index contributed by atoms with van der Waals surface area (Å²) in [6, 6.07) is 3.69. The highest BCUT2D eigenvalue weighted by molar-refractivity contribution is 5.93. The SMILES string of the molecule is CNC(=O)c1nnc(Nc2cc(C)nc(CN(C)C)n2)cc1C(C)C. The Morgan fingerprint density at radius 1 is 1.16 bits per heavy atom. The molecule has 8 nitrogen and oxygen atoms in total. The molecule has 0 atom stereocenters. The summed E-state index contributed by atoms with van der Waals surface area (Å²) in [5.41, 5.74) is 2.04. The molecule has 2 aromatic rings. The number of rotatable bonds is 6. The van der Waals surface area contributed by atoms with Crippen LogP contribution in [0.4, 0.5) is 11.6 Å². The van der Waals surface area contributed by atoms with Crippen molar-refractivity contribution in [3.05, 3.63) is 34.9 Å². The minimum Gasteiger partial charge on any atom is -0.354 e. The molecule has 2 rings (SSSR count). The van der Waals surface area contributed by atoms with Crippen molar-refractivity contribution in [2.45, 2.75) is 33.2 Å². The van der Waals surface area contributed by atoms with Gasteiger partial charge in [-0.15, -0.1) is 10.2 Å². The molecule has 2 heterocycles. The fourth-order valence-corrected chi connectivity index (χ4v) is 2.38. The Labute approximate surface area is 148 Å². The lowest BCUT2D eigenvalue weighted by atomic mass is 10.0. The number of amides is 1. The summed E-state index contributed by atoms with van der Waals surface area (Å²) in [5, 5.41) is 14.0. The van der Waals surface area contributed by atoms with Gasteiger partial charge in [0.05, 0.1) is 6.54 Å². The molecule has 0 aromatic carbocycles. The fourth-order valence-electron chi connectivity index (χ4n) is 2.38. The summed E-state index contributed by atoms with van der Waals surface area (Å²) < 4.78 is 0. The van der Waals surface area contributed by atoms with Crippen LogP contribution in [0, 0.1) is 6.92 Å². The van der Waals surface area contributed by atoms with Gasteiger partial charge in [-0.3, -0.25) is 4.79 Å². The largest absolute Gasteiger partial charge is 0.354 e. The summed E-state index contributed by atoms with van der Waals surface area (Å²) in [6.07, 6.45) is 0. The molecule has 1 amide bonds. The molecule has 0 saturated heterocycles. The van der Waals surface area contributed by atoms with Crippen molar-refractivity contribution in [2.24, 2.45) is 0 Å². The van der Waals surface area contributed by atoms with Gasteiger partial charge in [-0.1, -0.05) is 13.8 Å². The Balaban J connectivity index is 2.33. The zero-order valence-corrected chi connectivity index (χ0v) is 15.6.